The van der Waals surface area contributed by atoms with Crippen LogP contribution >= 0.6 is 0 Å². The molecule has 1 atom stereocenters. The van der Waals surface area contributed by atoms with E-state index in [2.05, 4.69) is 64.7 Å². The maximum atomic E-state index is 4.97. The van der Waals surface area contributed by atoms with Crippen LogP contribution in [0.3, 0.4) is 0 Å². The quantitative estimate of drug-likeness (QED) is 0.796. The van der Waals surface area contributed by atoms with E-state index in [4.69, 9.17) is 4.98 Å². The van der Waals surface area contributed by atoms with Gasteiger partial charge in [-0.2, -0.15) is 4.98 Å². The summed E-state index contributed by atoms with van der Waals surface area (Å²) < 4.78 is 0. The molecule has 4 rings (SSSR count). The van der Waals surface area contributed by atoms with Gasteiger partial charge in [-0.15, -0.1) is 0 Å². The van der Waals surface area contributed by atoms with Gasteiger partial charge in [0.25, 0.3) is 0 Å². The highest BCUT2D eigenvalue weighted by molar-refractivity contribution is 5.57. The van der Waals surface area contributed by atoms with E-state index in [0.717, 1.165) is 44.5 Å². The van der Waals surface area contributed by atoms with Crippen molar-refractivity contribution in [3.8, 4) is 0 Å². The molecule has 5 nitrogen and oxygen atoms in total. The van der Waals surface area contributed by atoms with Gasteiger partial charge in [-0.05, 0) is 62.8 Å². The number of anilines is 3. The average Bonchev–Trinajstić information content (AvgIpc) is 2.76. The van der Waals surface area contributed by atoms with E-state index in [1.807, 2.05) is 6.20 Å². The van der Waals surface area contributed by atoms with E-state index in [-0.39, 0.29) is 0 Å². The smallest absolute Gasteiger partial charge is 0.227 e. The third kappa shape index (κ3) is 3.80. The first-order chi connectivity index (χ1) is 13.7. The van der Waals surface area contributed by atoms with Gasteiger partial charge in [0.05, 0.1) is 0 Å². The number of piperidine rings is 1. The highest BCUT2D eigenvalue weighted by Crippen LogP contribution is 2.27. The van der Waals surface area contributed by atoms with Crippen LogP contribution in [0.5, 0.6) is 0 Å². The van der Waals surface area contributed by atoms with Crippen LogP contribution in [-0.2, 0) is 0 Å². The normalized spacial score (nSPS) is 20.5. The number of hydrogen-bond acceptors (Lipinski definition) is 5. The van der Waals surface area contributed by atoms with Crippen LogP contribution in [-0.4, -0.2) is 48.7 Å². The fourth-order valence-corrected chi connectivity index (χ4v) is 4.60. The van der Waals surface area contributed by atoms with Crippen molar-refractivity contribution in [2.45, 2.75) is 52.5 Å². The fraction of sp³-hybridized carbons (Fsp3) is 0.565. The molecule has 0 spiro atoms. The summed E-state index contributed by atoms with van der Waals surface area (Å²) in [5, 5.41) is 0. The Hall–Kier alpha value is -2.30. The Morgan fingerprint density at radius 2 is 1.75 bits per heavy atom. The first-order valence-electron chi connectivity index (χ1n) is 10.8. The molecule has 1 unspecified atom stereocenters. The molecule has 3 heterocycles. The van der Waals surface area contributed by atoms with Gasteiger partial charge in [0.15, 0.2) is 0 Å². The number of aryl methyl sites for hydroxylation is 1. The SMILES string of the molecule is CCC1CCCCN1c1nccc(N2CCN(c3cccc(C)c3C)CC2)n1. The first kappa shape index (κ1) is 19.0. The molecule has 150 valence electrons. The van der Waals surface area contributed by atoms with Crippen LogP contribution in [0.15, 0.2) is 30.5 Å². The van der Waals surface area contributed by atoms with Crippen molar-refractivity contribution in [1.29, 1.82) is 0 Å². The van der Waals surface area contributed by atoms with Crippen molar-refractivity contribution >= 4 is 17.5 Å². The summed E-state index contributed by atoms with van der Waals surface area (Å²) in [6.45, 7) is 11.9. The maximum absolute atomic E-state index is 4.97. The van der Waals surface area contributed by atoms with Crippen LogP contribution in [0.2, 0.25) is 0 Å². The Morgan fingerprint density at radius 3 is 2.54 bits per heavy atom. The molecular weight excluding hydrogens is 346 g/mol. The zero-order valence-corrected chi connectivity index (χ0v) is 17.6. The minimum Gasteiger partial charge on any atom is -0.368 e. The van der Waals surface area contributed by atoms with Crippen LogP contribution in [0.4, 0.5) is 17.5 Å². The van der Waals surface area contributed by atoms with Crippen LogP contribution in [0.25, 0.3) is 0 Å². The van der Waals surface area contributed by atoms with Crippen molar-refractivity contribution in [2.24, 2.45) is 0 Å². The molecule has 0 bridgehead atoms. The van der Waals surface area contributed by atoms with Gasteiger partial charge in [0.1, 0.15) is 5.82 Å². The molecule has 5 heteroatoms. The Balaban J connectivity index is 1.46. The van der Waals surface area contributed by atoms with Crippen molar-refractivity contribution < 1.29 is 0 Å². The molecule has 1 aromatic carbocycles. The molecule has 2 aromatic rings. The summed E-state index contributed by atoms with van der Waals surface area (Å²) in [6.07, 6.45) is 6.95. The van der Waals surface area contributed by atoms with E-state index < -0.39 is 0 Å². The molecule has 0 aliphatic carbocycles. The molecule has 2 aliphatic rings. The Labute approximate surface area is 169 Å². The lowest BCUT2D eigenvalue weighted by molar-refractivity contribution is 0.443. The lowest BCUT2D eigenvalue weighted by Gasteiger charge is -2.38. The molecule has 2 saturated heterocycles. The van der Waals surface area contributed by atoms with Crippen molar-refractivity contribution in [2.75, 3.05) is 47.4 Å². The van der Waals surface area contributed by atoms with E-state index in [1.54, 1.807) is 0 Å². The number of aromatic nitrogens is 2. The van der Waals surface area contributed by atoms with Gasteiger partial charge in [-0.25, -0.2) is 4.98 Å². The van der Waals surface area contributed by atoms with E-state index in [1.165, 1.54) is 42.5 Å². The Bertz CT molecular complexity index is 797. The summed E-state index contributed by atoms with van der Waals surface area (Å²) in [4.78, 5) is 16.9. The zero-order valence-electron chi connectivity index (χ0n) is 17.6. The largest absolute Gasteiger partial charge is 0.368 e. The molecule has 2 fully saturated rings. The van der Waals surface area contributed by atoms with Crippen molar-refractivity contribution in [1.82, 2.24) is 9.97 Å². The summed E-state index contributed by atoms with van der Waals surface area (Å²) in [5.74, 6) is 1.99. The van der Waals surface area contributed by atoms with Crippen molar-refractivity contribution in [3.63, 3.8) is 0 Å². The second-order valence-electron chi connectivity index (χ2n) is 8.16. The number of benzene rings is 1. The van der Waals surface area contributed by atoms with Gasteiger partial charge >= 0.3 is 0 Å². The monoisotopic (exact) mass is 379 g/mol. The van der Waals surface area contributed by atoms with Gasteiger partial charge < -0.3 is 14.7 Å². The fourth-order valence-electron chi connectivity index (χ4n) is 4.60. The molecule has 0 N–H and O–H groups in total. The zero-order chi connectivity index (χ0) is 19.5. The van der Waals surface area contributed by atoms with E-state index >= 15 is 0 Å². The van der Waals surface area contributed by atoms with Gasteiger partial charge in [-0.3, -0.25) is 0 Å². The van der Waals surface area contributed by atoms with E-state index in [0.29, 0.717) is 6.04 Å². The minimum absolute atomic E-state index is 0.588. The molecule has 2 aliphatic heterocycles. The first-order valence-corrected chi connectivity index (χ1v) is 10.8. The van der Waals surface area contributed by atoms with E-state index in [9.17, 15) is 0 Å². The second-order valence-corrected chi connectivity index (χ2v) is 8.16. The third-order valence-corrected chi connectivity index (χ3v) is 6.50. The average molecular weight is 380 g/mol. The Morgan fingerprint density at radius 1 is 0.964 bits per heavy atom. The predicted molar refractivity (Wildman–Crippen MR) is 118 cm³/mol. The molecular formula is C23H33N5. The number of rotatable bonds is 4. The third-order valence-electron chi connectivity index (χ3n) is 6.50. The number of piperazine rings is 1. The number of nitrogens with zero attached hydrogens (tertiary/aromatic N) is 5. The Kier molecular flexibility index (Phi) is 5.69. The maximum Gasteiger partial charge on any atom is 0.227 e. The molecule has 0 saturated carbocycles. The van der Waals surface area contributed by atoms with Crippen LogP contribution in [0.1, 0.15) is 43.7 Å². The van der Waals surface area contributed by atoms with Gasteiger partial charge in [0.2, 0.25) is 5.95 Å². The predicted octanol–water partition coefficient (Wildman–Crippen LogP) is 4.19. The molecule has 1 aromatic heterocycles. The summed E-state index contributed by atoms with van der Waals surface area (Å²) >= 11 is 0. The number of hydrogen-bond donors (Lipinski definition) is 0. The highest BCUT2D eigenvalue weighted by Gasteiger charge is 2.25. The second kappa shape index (κ2) is 8.38. The highest BCUT2D eigenvalue weighted by atomic mass is 15.3. The lowest BCUT2D eigenvalue weighted by atomic mass is 10.0. The topological polar surface area (TPSA) is 35.5 Å². The van der Waals surface area contributed by atoms with Crippen molar-refractivity contribution in [3.05, 3.63) is 41.6 Å². The molecule has 0 radical (unpaired) electrons. The van der Waals surface area contributed by atoms with Crippen LogP contribution < -0.4 is 14.7 Å². The minimum atomic E-state index is 0.588. The lowest BCUT2D eigenvalue weighted by Crippen LogP contribution is -2.47. The summed E-state index contributed by atoms with van der Waals surface area (Å²) in [5.41, 5.74) is 4.14. The molecule has 28 heavy (non-hydrogen) atoms. The van der Waals surface area contributed by atoms with Gasteiger partial charge in [0, 0.05) is 50.6 Å². The van der Waals surface area contributed by atoms with Crippen LogP contribution in [0, 0.1) is 13.8 Å². The molecule has 0 amide bonds. The standard InChI is InChI=1S/C23H33N5/c1-4-20-9-5-6-13-28(20)23-24-12-11-22(25-23)27-16-14-26(15-17-27)21-10-7-8-18(2)19(21)3/h7-8,10-12,20H,4-6,9,13-17H2,1-3H3. The summed E-state index contributed by atoms with van der Waals surface area (Å²) in [6, 6.07) is 9.28. The summed E-state index contributed by atoms with van der Waals surface area (Å²) in [7, 11) is 0. The van der Waals surface area contributed by atoms with Gasteiger partial charge in [-0.1, -0.05) is 19.1 Å².